The third kappa shape index (κ3) is 4.03. The zero-order valence-electron chi connectivity index (χ0n) is 25.0. The molecule has 0 radical (unpaired) electrons. The normalized spacial score (nSPS) is 19.5. The van der Waals surface area contributed by atoms with Gasteiger partial charge in [-0.25, -0.2) is 9.97 Å². The Kier molecular flexibility index (Phi) is 5.64. The lowest BCUT2D eigenvalue weighted by Crippen LogP contribution is -2.37. The van der Waals surface area contributed by atoms with Crippen LogP contribution in [0.25, 0.3) is 55.7 Å². The summed E-state index contributed by atoms with van der Waals surface area (Å²) < 4.78 is 10.3. The van der Waals surface area contributed by atoms with E-state index in [4.69, 9.17) is 14.7 Å². The third-order valence-corrected chi connectivity index (χ3v) is 10.1. The van der Waals surface area contributed by atoms with E-state index in [1.54, 1.807) is 7.11 Å². The van der Waals surface area contributed by atoms with Gasteiger partial charge in [0.2, 0.25) is 0 Å². The minimum absolute atomic E-state index is 0.0913. The molecular weight excluding hydrogens is 548 g/mol. The fourth-order valence-corrected chi connectivity index (χ4v) is 7.61. The summed E-state index contributed by atoms with van der Waals surface area (Å²) in [6.45, 7) is 1.77. The van der Waals surface area contributed by atoms with Crippen LogP contribution in [-0.4, -0.2) is 54.6 Å². The Hall–Kier alpha value is -4.72. The number of imidazole rings is 1. The van der Waals surface area contributed by atoms with Crippen molar-refractivity contribution in [3.05, 3.63) is 72.4 Å². The van der Waals surface area contributed by atoms with Crippen molar-refractivity contribution in [3.63, 3.8) is 0 Å². The summed E-state index contributed by atoms with van der Waals surface area (Å²) in [7, 11) is 3.71. The number of pyridine rings is 2. The summed E-state index contributed by atoms with van der Waals surface area (Å²) in [5.74, 6) is 2.91. The Labute approximate surface area is 255 Å². The molecule has 8 nitrogen and oxygen atoms in total. The Balaban J connectivity index is 1.16. The summed E-state index contributed by atoms with van der Waals surface area (Å²) in [5.41, 5.74) is 7.31. The molecule has 1 amide bonds. The first kappa shape index (κ1) is 25.7. The highest BCUT2D eigenvalue weighted by Gasteiger charge is 2.40. The molecule has 2 atom stereocenters. The van der Waals surface area contributed by atoms with Crippen molar-refractivity contribution in [1.29, 1.82) is 0 Å². The second-order valence-corrected chi connectivity index (χ2v) is 12.9. The van der Waals surface area contributed by atoms with E-state index < -0.39 is 0 Å². The Morgan fingerprint density at radius 1 is 0.955 bits per heavy atom. The van der Waals surface area contributed by atoms with E-state index in [1.807, 2.05) is 31.4 Å². The summed E-state index contributed by atoms with van der Waals surface area (Å²) in [5, 5.41) is 2.19. The van der Waals surface area contributed by atoms with Crippen LogP contribution in [0.3, 0.4) is 0 Å². The highest BCUT2D eigenvalue weighted by Crippen LogP contribution is 2.40. The zero-order valence-corrected chi connectivity index (χ0v) is 25.0. The molecule has 220 valence electrons. The lowest BCUT2D eigenvalue weighted by Gasteiger charge is -2.27. The Morgan fingerprint density at radius 3 is 2.66 bits per heavy atom. The van der Waals surface area contributed by atoms with Gasteiger partial charge in [0, 0.05) is 54.3 Å². The van der Waals surface area contributed by atoms with Crippen LogP contribution in [0, 0.1) is 11.8 Å². The van der Waals surface area contributed by atoms with E-state index in [0.29, 0.717) is 29.2 Å². The van der Waals surface area contributed by atoms with Crippen LogP contribution in [0.5, 0.6) is 5.75 Å². The number of piperidine rings is 1. The molecule has 2 aromatic carbocycles. The summed E-state index contributed by atoms with van der Waals surface area (Å²) >= 11 is 0. The number of aromatic nitrogens is 5. The molecule has 6 aromatic rings. The third-order valence-electron chi connectivity index (χ3n) is 10.1. The van der Waals surface area contributed by atoms with Crippen molar-refractivity contribution in [2.24, 2.45) is 18.9 Å². The van der Waals surface area contributed by atoms with Crippen LogP contribution in [0.1, 0.15) is 42.5 Å². The van der Waals surface area contributed by atoms with Gasteiger partial charge < -0.3 is 18.8 Å². The predicted octanol–water partition coefficient (Wildman–Crippen LogP) is 6.85. The van der Waals surface area contributed by atoms with Crippen molar-refractivity contribution < 1.29 is 9.53 Å². The highest BCUT2D eigenvalue weighted by atomic mass is 16.5. The molecule has 1 aliphatic heterocycles. The molecular formula is C36H34N6O2. The minimum atomic E-state index is 0.0913. The smallest absolute Gasteiger partial charge is 0.254 e. The standard InChI is InChI=1S/C36H34N6O2/c1-40-33-30(16-26(18-32(33)44-2)36(43)41-20-22-7-10-27(41)14-22)39-35(40)31-17-25-9-12-29(38-34(25)42(31)19-21-5-6-21)24-8-11-28-23(15-24)4-3-13-37-28/h3-4,8-9,11-13,15-18,21-22,27H,5-7,10,14,19-20H2,1-2H3. The van der Waals surface area contributed by atoms with Gasteiger partial charge in [-0.1, -0.05) is 12.1 Å². The number of hydrogen-bond donors (Lipinski definition) is 0. The Bertz CT molecular complexity index is 2120. The SMILES string of the molecule is COc1cc(C(=O)N2CC3CCC2C3)cc2nc(-c3cc4ccc(-c5ccc6ncccc6c5)nc4n3CC3CC3)n(C)c12. The summed E-state index contributed by atoms with van der Waals surface area (Å²) in [4.78, 5) is 30.6. The molecule has 2 bridgehead atoms. The van der Waals surface area contributed by atoms with E-state index >= 15 is 0 Å². The zero-order chi connectivity index (χ0) is 29.5. The van der Waals surface area contributed by atoms with Crippen molar-refractivity contribution in [2.75, 3.05) is 13.7 Å². The van der Waals surface area contributed by atoms with Crippen molar-refractivity contribution in [2.45, 2.75) is 44.7 Å². The molecule has 3 aliphatic rings. The van der Waals surface area contributed by atoms with Crippen molar-refractivity contribution in [1.82, 2.24) is 29.0 Å². The monoisotopic (exact) mass is 582 g/mol. The predicted molar refractivity (Wildman–Crippen MR) is 172 cm³/mol. The fraction of sp³-hybridized carbons (Fsp3) is 0.333. The molecule has 1 saturated heterocycles. The first-order valence-electron chi connectivity index (χ1n) is 15.8. The van der Waals surface area contributed by atoms with E-state index in [-0.39, 0.29) is 5.91 Å². The number of likely N-dealkylation sites (tertiary alicyclic amines) is 1. The van der Waals surface area contributed by atoms with E-state index in [0.717, 1.165) is 81.7 Å². The number of benzene rings is 2. The number of amides is 1. The topological polar surface area (TPSA) is 78.1 Å². The van der Waals surface area contributed by atoms with E-state index in [1.165, 1.54) is 19.3 Å². The van der Waals surface area contributed by atoms with Gasteiger partial charge in [0.05, 0.1) is 29.5 Å². The van der Waals surface area contributed by atoms with Crippen molar-refractivity contribution >= 4 is 38.9 Å². The van der Waals surface area contributed by atoms with Gasteiger partial charge in [-0.2, -0.15) is 0 Å². The molecule has 0 N–H and O–H groups in total. The largest absolute Gasteiger partial charge is 0.494 e. The maximum atomic E-state index is 13.7. The molecule has 2 saturated carbocycles. The molecule has 44 heavy (non-hydrogen) atoms. The number of rotatable bonds is 6. The van der Waals surface area contributed by atoms with E-state index in [2.05, 4.69) is 61.5 Å². The van der Waals surface area contributed by atoms with Crippen LogP contribution < -0.4 is 4.74 Å². The molecule has 4 aromatic heterocycles. The number of methoxy groups -OCH3 is 1. The summed E-state index contributed by atoms with van der Waals surface area (Å²) in [6.07, 6.45) is 7.78. The number of hydrogen-bond acceptors (Lipinski definition) is 5. The first-order chi connectivity index (χ1) is 21.5. The number of nitrogens with zero attached hydrogens (tertiary/aromatic N) is 6. The Morgan fingerprint density at radius 2 is 1.86 bits per heavy atom. The van der Waals surface area contributed by atoms with Gasteiger partial charge in [0.25, 0.3) is 5.91 Å². The molecule has 9 rings (SSSR count). The van der Waals surface area contributed by atoms with Gasteiger partial charge in [-0.05, 0) is 92.5 Å². The second kappa shape index (κ2) is 9.64. The van der Waals surface area contributed by atoms with Crippen LogP contribution in [0.4, 0.5) is 0 Å². The number of carbonyl (C=O) groups excluding carboxylic acids is 1. The fourth-order valence-electron chi connectivity index (χ4n) is 7.61. The van der Waals surface area contributed by atoms with Gasteiger partial charge in [0.1, 0.15) is 16.9 Å². The lowest BCUT2D eigenvalue weighted by atomic mass is 10.1. The molecule has 0 spiro atoms. The maximum Gasteiger partial charge on any atom is 0.254 e. The van der Waals surface area contributed by atoms with E-state index in [9.17, 15) is 4.79 Å². The molecule has 8 heteroatoms. The first-order valence-corrected chi connectivity index (χ1v) is 15.8. The van der Waals surface area contributed by atoms with Gasteiger partial charge in [-0.15, -0.1) is 0 Å². The number of fused-ring (bicyclic) bond motifs is 5. The molecule has 2 aliphatic carbocycles. The maximum absolute atomic E-state index is 13.7. The number of carbonyl (C=O) groups is 1. The quantitative estimate of drug-likeness (QED) is 0.215. The molecule has 3 fully saturated rings. The van der Waals surface area contributed by atoms with Crippen LogP contribution >= 0.6 is 0 Å². The highest BCUT2D eigenvalue weighted by molar-refractivity contribution is 6.00. The average Bonchev–Trinajstić information content (AvgIpc) is 3.34. The molecule has 2 unspecified atom stereocenters. The lowest BCUT2D eigenvalue weighted by molar-refractivity contribution is 0.0703. The van der Waals surface area contributed by atoms with Crippen LogP contribution in [0.15, 0.2) is 66.9 Å². The number of ether oxygens (including phenoxy) is 1. The van der Waals surface area contributed by atoms with Gasteiger partial charge in [0.15, 0.2) is 5.82 Å². The minimum Gasteiger partial charge on any atom is -0.494 e. The van der Waals surface area contributed by atoms with Gasteiger partial charge >= 0.3 is 0 Å². The molecule has 5 heterocycles. The van der Waals surface area contributed by atoms with Crippen molar-refractivity contribution in [3.8, 4) is 28.5 Å². The van der Waals surface area contributed by atoms with Crippen LogP contribution in [0.2, 0.25) is 0 Å². The average molecular weight is 583 g/mol. The number of aryl methyl sites for hydroxylation is 1. The second-order valence-electron chi connectivity index (χ2n) is 12.9. The van der Waals surface area contributed by atoms with Gasteiger partial charge in [-0.3, -0.25) is 9.78 Å². The summed E-state index contributed by atoms with van der Waals surface area (Å²) in [6, 6.07) is 21.1. The van der Waals surface area contributed by atoms with Crippen LogP contribution in [-0.2, 0) is 13.6 Å².